The quantitative estimate of drug-likeness (QED) is 0.181. The van der Waals surface area contributed by atoms with Crippen LogP contribution >= 0.6 is 0 Å². The maximum atomic E-state index is 12.6. The van der Waals surface area contributed by atoms with E-state index in [9.17, 15) is 18.0 Å². The van der Waals surface area contributed by atoms with E-state index in [4.69, 9.17) is 4.74 Å². The maximum absolute atomic E-state index is 12.6. The van der Waals surface area contributed by atoms with E-state index in [0.29, 0.717) is 24.2 Å². The first kappa shape index (κ1) is 27.0. The van der Waals surface area contributed by atoms with E-state index >= 15 is 0 Å². The second-order valence-electron chi connectivity index (χ2n) is 12.8. The second-order valence-corrected chi connectivity index (χ2v) is 12.8. The number of carbonyl (C=O) groups excluding carboxylic acids is 1. The molecule has 0 bridgehead atoms. The molecule has 0 N–H and O–H groups in total. The zero-order valence-corrected chi connectivity index (χ0v) is 22.2. The molecule has 4 aliphatic rings. The molecule has 35 heavy (non-hydrogen) atoms. The van der Waals surface area contributed by atoms with Crippen LogP contribution < -0.4 is 0 Å². The zero-order chi connectivity index (χ0) is 25.3. The van der Waals surface area contributed by atoms with Gasteiger partial charge in [0.15, 0.2) is 0 Å². The maximum Gasteiger partial charge on any atom is 0.399 e. The van der Waals surface area contributed by atoms with Crippen LogP contribution in [0.15, 0.2) is 11.6 Å². The van der Waals surface area contributed by atoms with Crippen LogP contribution in [-0.4, -0.2) is 18.2 Å². The van der Waals surface area contributed by atoms with Crippen molar-refractivity contribution in [3.05, 3.63) is 11.6 Å². The van der Waals surface area contributed by atoms with Crippen LogP contribution in [0, 0.1) is 34.5 Å². The van der Waals surface area contributed by atoms with E-state index in [-0.39, 0.29) is 5.41 Å². The Morgan fingerprint density at radius 3 is 2.49 bits per heavy atom. The molecule has 5 heteroatoms. The van der Waals surface area contributed by atoms with Gasteiger partial charge in [0.25, 0.3) is 0 Å². The summed E-state index contributed by atoms with van der Waals surface area (Å²) in [5, 5.41) is 0. The minimum Gasteiger partial charge on any atom is -0.462 e. The third-order valence-electron chi connectivity index (χ3n) is 10.8. The Morgan fingerprint density at radius 1 is 1.00 bits per heavy atom. The summed E-state index contributed by atoms with van der Waals surface area (Å²) >= 11 is 0. The number of rotatable bonds is 9. The molecular formula is C30H47F3O2. The predicted octanol–water partition coefficient (Wildman–Crippen LogP) is 9.18. The summed E-state index contributed by atoms with van der Waals surface area (Å²) in [6, 6.07) is 0. The lowest BCUT2D eigenvalue weighted by Gasteiger charge is -2.58. The van der Waals surface area contributed by atoms with Gasteiger partial charge in [-0.1, -0.05) is 70.9 Å². The van der Waals surface area contributed by atoms with E-state index in [0.717, 1.165) is 30.6 Å². The fraction of sp³-hybridized carbons (Fsp3) is 0.900. The van der Waals surface area contributed by atoms with Crippen molar-refractivity contribution in [1.82, 2.24) is 0 Å². The summed E-state index contributed by atoms with van der Waals surface area (Å²) in [5.74, 6) is 1.96. The fourth-order valence-electron chi connectivity index (χ4n) is 8.87. The first-order valence-corrected chi connectivity index (χ1v) is 14.5. The minimum absolute atomic E-state index is 0.120. The van der Waals surface area contributed by atoms with Gasteiger partial charge in [-0.05, 0) is 85.9 Å². The van der Waals surface area contributed by atoms with Crippen LogP contribution in [0.4, 0.5) is 13.2 Å². The van der Waals surface area contributed by atoms with Crippen LogP contribution in [0.3, 0.4) is 0 Å². The number of fused-ring (bicyclic) bond motifs is 5. The van der Waals surface area contributed by atoms with Crippen molar-refractivity contribution in [1.29, 1.82) is 0 Å². The predicted molar refractivity (Wildman–Crippen MR) is 134 cm³/mol. The molecule has 0 saturated heterocycles. The van der Waals surface area contributed by atoms with Gasteiger partial charge in [0, 0.05) is 6.42 Å². The second kappa shape index (κ2) is 10.8. The van der Waals surface area contributed by atoms with Crippen molar-refractivity contribution in [2.75, 3.05) is 0 Å². The highest BCUT2D eigenvalue weighted by Crippen LogP contribution is 2.66. The Kier molecular flexibility index (Phi) is 8.33. The summed E-state index contributed by atoms with van der Waals surface area (Å²) < 4.78 is 42.9. The molecule has 0 heterocycles. The molecule has 0 aliphatic heterocycles. The monoisotopic (exact) mass is 496 g/mol. The average Bonchev–Trinajstić information content (AvgIpc) is 3.11. The molecule has 2 nitrogen and oxygen atoms in total. The lowest BCUT2D eigenvalue weighted by atomic mass is 9.47. The van der Waals surface area contributed by atoms with Crippen molar-refractivity contribution >= 4 is 5.97 Å². The Bertz CT molecular complexity index is 774. The number of hydrogen-bond acceptors (Lipinski definition) is 2. The number of esters is 1. The molecule has 200 valence electrons. The summed E-state index contributed by atoms with van der Waals surface area (Å²) in [6.07, 6.45) is 14.4. The largest absolute Gasteiger partial charge is 0.462 e. The molecule has 0 spiro atoms. The molecule has 0 aromatic carbocycles. The number of allylic oxidation sites excluding steroid dienone is 1. The molecule has 0 aromatic rings. The van der Waals surface area contributed by atoms with E-state index in [2.05, 4.69) is 26.8 Å². The molecule has 0 aromatic heterocycles. The first-order valence-electron chi connectivity index (χ1n) is 14.5. The van der Waals surface area contributed by atoms with Gasteiger partial charge in [-0.3, -0.25) is 4.79 Å². The molecule has 3 fully saturated rings. The van der Waals surface area contributed by atoms with Crippen LogP contribution in [0.25, 0.3) is 0 Å². The lowest BCUT2D eigenvalue weighted by Crippen LogP contribution is -2.50. The van der Waals surface area contributed by atoms with E-state index in [1.807, 2.05) is 0 Å². The molecule has 0 radical (unpaired) electrons. The number of hydrogen-bond donors (Lipinski definition) is 0. The van der Waals surface area contributed by atoms with Gasteiger partial charge in [0.05, 0.1) is 0 Å². The molecule has 0 unspecified atom stereocenters. The van der Waals surface area contributed by atoms with Crippen molar-refractivity contribution in [3.63, 3.8) is 0 Å². The Morgan fingerprint density at radius 2 is 1.74 bits per heavy atom. The topological polar surface area (TPSA) is 26.3 Å². The summed E-state index contributed by atoms with van der Waals surface area (Å²) in [5.41, 5.74) is 1.95. The highest BCUT2D eigenvalue weighted by atomic mass is 19.4. The smallest absolute Gasteiger partial charge is 0.399 e. The summed E-state index contributed by atoms with van der Waals surface area (Å²) in [4.78, 5) is 11.8. The Hall–Kier alpha value is -1.00. The van der Waals surface area contributed by atoms with E-state index in [1.165, 1.54) is 76.2 Å². The van der Waals surface area contributed by atoms with Gasteiger partial charge in [0.2, 0.25) is 0 Å². The fourth-order valence-corrected chi connectivity index (χ4v) is 8.87. The number of unbranched alkanes of at least 4 members (excludes halogenated alkanes) is 5. The Balaban J connectivity index is 1.36. The van der Waals surface area contributed by atoms with Crippen molar-refractivity contribution < 1.29 is 22.7 Å². The standard InChI is InChI=1S/C30H47F3O2/c1-4-5-6-7-8-9-10-21-12-14-25-24-13-11-22-19-23(35-27(34)20-30(31,32)33)15-17-29(22,3)26(24)16-18-28(21,25)2/h11,21,23-26H,4-10,12-20H2,1-3H3/t21-,23-,24-,25-,26-,28+,29-/m0/s1. The molecule has 4 rings (SSSR count). The lowest BCUT2D eigenvalue weighted by molar-refractivity contribution is -0.176. The average molecular weight is 497 g/mol. The number of alkyl halides is 3. The van der Waals surface area contributed by atoms with Crippen molar-refractivity contribution in [2.24, 2.45) is 34.5 Å². The van der Waals surface area contributed by atoms with E-state index < -0.39 is 24.7 Å². The zero-order valence-electron chi connectivity index (χ0n) is 22.2. The van der Waals surface area contributed by atoms with Gasteiger partial charge in [0.1, 0.15) is 12.5 Å². The molecular weight excluding hydrogens is 449 g/mol. The summed E-state index contributed by atoms with van der Waals surface area (Å²) in [7, 11) is 0. The van der Waals surface area contributed by atoms with Crippen LogP contribution in [0.5, 0.6) is 0 Å². The molecule has 0 amide bonds. The van der Waals surface area contributed by atoms with Gasteiger partial charge in [-0.25, -0.2) is 0 Å². The van der Waals surface area contributed by atoms with Crippen LogP contribution in [0.2, 0.25) is 0 Å². The molecule has 3 saturated carbocycles. The number of carbonyl (C=O) groups is 1. The first-order chi connectivity index (χ1) is 16.6. The summed E-state index contributed by atoms with van der Waals surface area (Å²) in [6.45, 7) is 7.27. The van der Waals surface area contributed by atoms with Crippen molar-refractivity contribution in [3.8, 4) is 0 Å². The minimum atomic E-state index is -4.50. The van der Waals surface area contributed by atoms with E-state index in [1.54, 1.807) is 0 Å². The SMILES string of the molecule is CCCCCCCC[C@H]1CC[C@H]2[C@@H]3CC=C4C[C@@H](OC(=O)CC(F)(F)F)CC[C@]4(C)[C@H]3CC[C@]12C. The number of halogens is 3. The normalized spacial score (nSPS) is 38.8. The van der Waals surface area contributed by atoms with Crippen LogP contribution in [-0.2, 0) is 9.53 Å². The molecule has 4 aliphatic carbocycles. The van der Waals surface area contributed by atoms with Gasteiger partial charge >= 0.3 is 12.1 Å². The third-order valence-corrected chi connectivity index (χ3v) is 10.8. The number of ether oxygens (including phenoxy) is 1. The Labute approximate surface area is 210 Å². The highest BCUT2D eigenvalue weighted by Gasteiger charge is 2.58. The van der Waals surface area contributed by atoms with Gasteiger partial charge in [-0.15, -0.1) is 0 Å². The third kappa shape index (κ3) is 5.79. The van der Waals surface area contributed by atoms with Gasteiger partial charge in [-0.2, -0.15) is 13.2 Å². The van der Waals surface area contributed by atoms with Crippen LogP contribution in [0.1, 0.15) is 124 Å². The van der Waals surface area contributed by atoms with Crippen molar-refractivity contribution in [2.45, 2.75) is 136 Å². The molecule has 7 atom stereocenters. The van der Waals surface area contributed by atoms with Gasteiger partial charge < -0.3 is 4.74 Å². The highest BCUT2D eigenvalue weighted by molar-refractivity contribution is 5.70.